The number of fused-ring (bicyclic) bond motifs is 1. The molecule has 0 saturated heterocycles. The van der Waals surface area contributed by atoms with Gasteiger partial charge in [0.2, 0.25) is 0 Å². The molecule has 0 unspecified atom stereocenters. The van der Waals surface area contributed by atoms with E-state index in [1.54, 1.807) is 0 Å². The maximum absolute atomic E-state index is 6.22. The molecule has 0 spiro atoms. The number of benzene rings is 1. The molecule has 4 aromatic rings. The van der Waals surface area contributed by atoms with Gasteiger partial charge >= 0.3 is 0 Å². The number of hydrogen-bond acceptors (Lipinski definition) is 3. The molecule has 120 valence electrons. The van der Waals surface area contributed by atoms with Crippen molar-refractivity contribution in [2.45, 2.75) is 13.5 Å². The summed E-state index contributed by atoms with van der Waals surface area (Å²) in [5.41, 5.74) is 11.3. The van der Waals surface area contributed by atoms with Gasteiger partial charge in [0.15, 0.2) is 0 Å². The topological polar surface area (TPSA) is 72.5 Å². The van der Waals surface area contributed by atoms with E-state index < -0.39 is 0 Å². The van der Waals surface area contributed by atoms with Gasteiger partial charge in [0.25, 0.3) is 0 Å². The van der Waals surface area contributed by atoms with Gasteiger partial charge in [-0.05, 0) is 36.8 Å². The Morgan fingerprint density at radius 2 is 1.96 bits per heavy atom. The molecule has 3 N–H and O–H groups in total. The molecule has 0 radical (unpaired) electrons. The van der Waals surface area contributed by atoms with Crippen LogP contribution in [0.5, 0.6) is 0 Å². The molecule has 0 aliphatic rings. The van der Waals surface area contributed by atoms with E-state index in [1.165, 1.54) is 0 Å². The van der Waals surface area contributed by atoms with E-state index in [1.807, 2.05) is 53.5 Å². The summed E-state index contributed by atoms with van der Waals surface area (Å²) in [5.74, 6) is 0. The maximum Gasteiger partial charge on any atom is 0.139 e. The molecule has 0 bridgehead atoms. The normalized spacial score (nSPS) is 11.2. The summed E-state index contributed by atoms with van der Waals surface area (Å²) in [4.78, 5) is 7.45. The number of pyridine rings is 1. The number of H-pyrrole nitrogens is 1. The lowest BCUT2D eigenvalue weighted by atomic mass is 10.0. The quantitative estimate of drug-likeness (QED) is 0.431. The van der Waals surface area contributed by atoms with Gasteiger partial charge in [-0.2, -0.15) is 5.10 Å². The van der Waals surface area contributed by atoms with E-state index in [2.05, 4.69) is 16.9 Å². The second-order valence-electron chi connectivity index (χ2n) is 5.60. The van der Waals surface area contributed by atoms with Gasteiger partial charge in [-0.15, -0.1) is 0 Å². The number of aromatic amines is 1. The van der Waals surface area contributed by atoms with Crippen molar-refractivity contribution < 1.29 is 0 Å². The third-order valence-electron chi connectivity index (χ3n) is 4.06. The highest BCUT2D eigenvalue weighted by atomic mass is 35.5. The molecule has 4 rings (SSSR count). The minimum atomic E-state index is 0.451. The Kier molecular flexibility index (Phi) is 3.50. The number of nitrogens with zero attached hydrogens (tertiary/aromatic N) is 3. The molecular formula is C18H16ClN5. The maximum atomic E-state index is 6.22. The first kappa shape index (κ1) is 14.8. The monoisotopic (exact) mass is 337 g/mol. The minimum absolute atomic E-state index is 0.451. The van der Waals surface area contributed by atoms with Gasteiger partial charge in [-0.25, -0.2) is 4.98 Å². The molecule has 3 aromatic heterocycles. The van der Waals surface area contributed by atoms with E-state index in [-0.39, 0.29) is 0 Å². The fourth-order valence-corrected chi connectivity index (χ4v) is 3.06. The van der Waals surface area contributed by atoms with E-state index in [0.717, 1.165) is 45.6 Å². The second kappa shape index (κ2) is 5.69. The summed E-state index contributed by atoms with van der Waals surface area (Å²) in [6.45, 7) is 2.85. The summed E-state index contributed by atoms with van der Waals surface area (Å²) < 4.78 is 1.92. The first-order chi connectivity index (χ1) is 11.7. The Labute approximate surface area is 144 Å². The number of nitrogens with one attached hydrogen (secondary N) is 1. The van der Waals surface area contributed by atoms with Crippen LogP contribution in [0.2, 0.25) is 5.15 Å². The van der Waals surface area contributed by atoms with E-state index in [4.69, 9.17) is 22.4 Å². The van der Waals surface area contributed by atoms with Crippen molar-refractivity contribution in [3.05, 3.63) is 53.9 Å². The lowest BCUT2D eigenvalue weighted by Gasteiger charge is -2.05. The largest absolute Gasteiger partial charge is 0.399 e. The summed E-state index contributed by atoms with van der Waals surface area (Å²) in [5, 5.41) is 6.20. The van der Waals surface area contributed by atoms with Gasteiger partial charge in [-0.1, -0.05) is 23.7 Å². The lowest BCUT2D eigenvalue weighted by molar-refractivity contribution is 0.662. The van der Waals surface area contributed by atoms with E-state index in [0.29, 0.717) is 5.15 Å². The third kappa shape index (κ3) is 2.43. The molecule has 5 nitrogen and oxygen atoms in total. The molecule has 0 aliphatic carbocycles. The Morgan fingerprint density at radius 1 is 1.17 bits per heavy atom. The third-order valence-corrected chi connectivity index (χ3v) is 4.25. The average Bonchev–Trinajstić information content (AvgIpc) is 3.21. The SMILES string of the molecule is CCn1cc(-c2cc(Cl)nc3[nH]ccc23)c(-c2ccc(N)cc2)n1. The Bertz CT molecular complexity index is 1010. The first-order valence-corrected chi connectivity index (χ1v) is 8.11. The number of aromatic nitrogens is 4. The summed E-state index contributed by atoms with van der Waals surface area (Å²) >= 11 is 6.22. The van der Waals surface area contributed by atoms with Crippen molar-refractivity contribution in [1.82, 2.24) is 19.7 Å². The number of nitrogen functional groups attached to an aromatic ring is 1. The number of halogens is 1. The predicted octanol–water partition coefficient (Wildman–Crippen LogP) is 4.35. The Morgan fingerprint density at radius 3 is 2.71 bits per heavy atom. The van der Waals surface area contributed by atoms with Crippen LogP contribution >= 0.6 is 11.6 Å². The molecule has 0 atom stereocenters. The van der Waals surface area contributed by atoms with Crippen LogP contribution in [-0.4, -0.2) is 19.7 Å². The first-order valence-electron chi connectivity index (χ1n) is 7.73. The van der Waals surface area contributed by atoms with Crippen LogP contribution < -0.4 is 5.73 Å². The van der Waals surface area contributed by atoms with Crippen LogP contribution in [0.1, 0.15) is 6.92 Å². The van der Waals surface area contributed by atoms with Crippen LogP contribution in [-0.2, 0) is 6.54 Å². The zero-order valence-electron chi connectivity index (χ0n) is 13.1. The van der Waals surface area contributed by atoms with Crippen molar-refractivity contribution >= 4 is 28.3 Å². The summed E-state index contributed by atoms with van der Waals surface area (Å²) in [6, 6.07) is 11.6. The molecule has 1 aromatic carbocycles. The zero-order chi connectivity index (χ0) is 16.7. The smallest absolute Gasteiger partial charge is 0.139 e. The molecule has 6 heteroatoms. The minimum Gasteiger partial charge on any atom is -0.399 e. The van der Waals surface area contributed by atoms with Gasteiger partial charge in [0, 0.05) is 41.1 Å². The highest BCUT2D eigenvalue weighted by Gasteiger charge is 2.16. The Balaban J connectivity index is 1.99. The van der Waals surface area contributed by atoms with Crippen LogP contribution in [0, 0.1) is 0 Å². The second-order valence-corrected chi connectivity index (χ2v) is 5.99. The zero-order valence-corrected chi connectivity index (χ0v) is 13.9. The van der Waals surface area contributed by atoms with Crippen LogP contribution in [0.25, 0.3) is 33.4 Å². The number of anilines is 1. The highest BCUT2D eigenvalue weighted by molar-refractivity contribution is 6.30. The Hall–Kier alpha value is -2.79. The number of nitrogens with two attached hydrogens (primary N) is 1. The number of rotatable bonds is 3. The van der Waals surface area contributed by atoms with E-state index >= 15 is 0 Å². The van der Waals surface area contributed by atoms with Crippen molar-refractivity contribution in [2.24, 2.45) is 0 Å². The predicted molar refractivity (Wildman–Crippen MR) is 97.8 cm³/mol. The van der Waals surface area contributed by atoms with Crippen molar-refractivity contribution in [1.29, 1.82) is 0 Å². The number of hydrogen-bond donors (Lipinski definition) is 2. The van der Waals surface area contributed by atoms with Gasteiger partial charge in [0.1, 0.15) is 16.5 Å². The lowest BCUT2D eigenvalue weighted by Crippen LogP contribution is -1.93. The molecule has 24 heavy (non-hydrogen) atoms. The van der Waals surface area contributed by atoms with Crippen molar-refractivity contribution in [3.63, 3.8) is 0 Å². The van der Waals surface area contributed by atoms with Crippen molar-refractivity contribution in [2.75, 3.05) is 5.73 Å². The molecule has 0 saturated carbocycles. The van der Waals surface area contributed by atoms with E-state index in [9.17, 15) is 0 Å². The van der Waals surface area contributed by atoms with Crippen LogP contribution in [0.4, 0.5) is 5.69 Å². The molecule has 0 amide bonds. The molecule has 0 aliphatic heterocycles. The highest BCUT2D eigenvalue weighted by Crippen LogP contribution is 2.36. The van der Waals surface area contributed by atoms with Gasteiger partial charge < -0.3 is 10.7 Å². The fourth-order valence-electron chi connectivity index (χ4n) is 2.86. The van der Waals surface area contributed by atoms with Crippen molar-refractivity contribution in [3.8, 4) is 22.4 Å². The fraction of sp³-hybridized carbons (Fsp3) is 0.111. The standard InChI is InChI=1S/C18H16ClN5/c1-2-24-10-15(17(23-24)11-3-5-12(20)6-4-11)14-9-16(19)22-18-13(14)7-8-21-18/h3-10H,2,20H2,1H3,(H,21,22). The molecule has 0 fully saturated rings. The van der Waals surface area contributed by atoms with Crippen LogP contribution in [0.15, 0.2) is 48.8 Å². The molecule has 3 heterocycles. The summed E-state index contributed by atoms with van der Waals surface area (Å²) in [6.07, 6.45) is 3.91. The van der Waals surface area contributed by atoms with Gasteiger partial charge in [0.05, 0.1) is 0 Å². The molecular weight excluding hydrogens is 322 g/mol. The summed E-state index contributed by atoms with van der Waals surface area (Å²) in [7, 11) is 0. The average molecular weight is 338 g/mol. The number of aryl methyl sites for hydroxylation is 1. The van der Waals surface area contributed by atoms with Gasteiger partial charge in [-0.3, -0.25) is 4.68 Å². The van der Waals surface area contributed by atoms with Crippen LogP contribution in [0.3, 0.4) is 0 Å².